The summed E-state index contributed by atoms with van der Waals surface area (Å²) in [5, 5.41) is 11.0. The van der Waals surface area contributed by atoms with Gasteiger partial charge in [-0.2, -0.15) is 0 Å². The fourth-order valence-electron chi connectivity index (χ4n) is 4.05. The molecule has 0 fully saturated rings. The predicted molar refractivity (Wildman–Crippen MR) is 148 cm³/mol. The van der Waals surface area contributed by atoms with Gasteiger partial charge in [-0.25, -0.2) is 4.79 Å². The van der Waals surface area contributed by atoms with Gasteiger partial charge in [0.1, 0.15) is 29.8 Å². The molecule has 2 aromatic rings. The van der Waals surface area contributed by atoms with Crippen molar-refractivity contribution in [3.63, 3.8) is 0 Å². The molecule has 1 aromatic heterocycles. The third kappa shape index (κ3) is 10.7. The lowest BCUT2D eigenvalue weighted by molar-refractivity contribution is -0.184. The second-order valence-electron chi connectivity index (χ2n) is 10.2. The van der Waals surface area contributed by atoms with Gasteiger partial charge < -0.3 is 28.5 Å². The van der Waals surface area contributed by atoms with Gasteiger partial charge in [0.25, 0.3) is 0 Å². The van der Waals surface area contributed by atoms with Crippen molar-refractivity contribution in [2.45, 2.75) is 85.5 Å². The highest BCUT2D eigenvalue weighted by Crippen LogP contribution is 2.31. The highest BCUT2D eigenvalue weighted by molar-refractivity contribution is 5.87. The number of fused-ring (bicyclic) bond motifs is 1. The molecule has 2 rings (SSSR count). The van der Waals surface area contributed by atoms with Gasteiger partial charge in [-0.1, -0.05) is 17.2 Å². The Bertz CT molecular complexity index is 1330. The molecule has 10 nitrogen and oxygen atoms in total. The van der Waals surface area contributed by atoms with Crippen LogP contribution in [0.1, 0.15) is 67.7 Å². The standard InChI is InChI=1S/C30H38O10/c1-18(9-8-10-19(2)15-27(38-21(4)32)29(30(6,7)35)39-22(5)33)13-14-36-23-16-25(37-20(3)31)24-11-12-28(34)40-26(24)17-23/h10-13,16-17,27,29,35H,8-9,14-15H2,1-7H3. The molecular formula is C30H38O10. The molecule has 0 bridgehead atoms. The average Bonchev–Trinajstić information content (AvgIpc) is 2.80. The third-order valence-electron chi connectivity index (χ3n) is 5.81. The molecule has 1 heterocycles. The molecule has 1 N–H and O–H groups in total. The van der Waals surface area contributed by atoms with E-state index in [1.54, 1.807) is 12.1 Å². The summed E-state index contributed by atoms with van der Waals surface area (Å²) in [4.78, 5) is 46.4. The normalized spacial score (nSPS) is 13.9. The van der Waals surface area contributed by atoms with Crippen molar-refractivity contribution in [2.24, 2.45) is 0 Å². The lowest BCUT2D eigenvalue weighted by atomic mass is 9.92. The molecule has 2 atom stereocenters. The molecule has 0 aliphatic carbocycles. The van der Waals surface area contributed by atoms with E-state index in [-0.39, 0.29) is 24.4 Å². The SMILES string of the molecule is CC(=O)Oc1cc(OCC=C(C)CCC=C(C)CC(OC(C)=O)C(OC(C)=O)C(C)(C)O)cc2oc(=O)ccc12. The molecule has 0 spiro atoms. The number of allylic oxidation sites excluding steroid dienone is 2. The largest absolute Gasteiger partial charge is 0.489 e. The van der Waals surface area contributed by atoms with Crippen LogP contribution in [-0.2, 0) is 23.9 Å². The molecule has 218 valence electrons. The van der Waals surface area contributed by atoms with Crippen LogP contribution in [0.5, 0.6) is 11.5 Å². The molecule has 0 aliphatic heterocycles. The van der Waals surface area contributed by atoms with E-state index in [4.69, 9.17) is 23.4 Å². The highest BCUT2D eigenvalue weighted by atomic mass is 16.6. The molecule has 10 heteroatoms. The number of benzene rings is 1. The minimum absolute atomic E-state index is 0.234. The Balaban J connectivity index is 2.02. The Kier molecular flexibility index (Phi) is 11.7. The van der Waals surface area contributed by atoms with E-state index >= 15 is 0 Å². The van der Waals surface area contributed by atoms with Crippen LogP contribution in [0, 0.1) is 0 Å². The van der Waals surface area contributed by atoms with E-state index in [0.29, 0.717) is 17.6 Å². The summed E-state index contributed by atoms with van der Waals surface area (Å²) in [5.41, 5.74) is 0.268. The summed E-state index contributed by atoms with van der Waals surface area (Å²) in [5.74, 6) is -1.01. The number of rotatable bonds is 13. The summed E-state index contributed by atoms with van der Waals surface area (Å²) in [7, 11) is 0. The molecule has 0 saturated heterocycles. The number of carbonyl (C=O) groups is 3. The van der Waals surface area contributed by atoms with Gasteiger partial charge in [0.05, 0.1) is 11.0 Å². The fraction of sp³-hybridized carbons (Fsp3) is 0.467. The number of hydrogen-bond acceptors (Lipinski definition) is 10. The first-order valence-corrected chi connectivity index (χ1v) is 12.9. The lowest BCUT2D eigenvalue weighted by Crippen LogP contribution is -2.49. The second kappa shape index (κ2) is 14.5. The zero-order valence-electron chi connectivity index (χ0n) is 24.1. The summed E-state index contributed by atoms with van der Waals surface area (Å²) >= 11 is 0. The third-order valence-corrected chi connectivity index (χ3v) is 5.81. The molecular weight excluding hydrogens is 520 g/mol. The van der Waals surface area contributed by atoms with Crippen molar-refractivity contribution in [2.75, 3.05) is 6.61 Å². The average molecular weight is 559 g/mol. The van der Waals surface area contributed by atoms with E-state index in [1.165, 1.54) is 46.8 Å². The smallest absolute Gasteiger partial charge is 0.336 e. The quantitative estimate of drug-likeness (QED) is 0.158. The second-order valence-corrected chi connectivity index (χ2v) is 10.2. The highest BCUT2D eigenvalue weighted by Gasteiger charge is 2.39. The number of esters is 3. The van der Waals surface area contributed by atoms with Gasteiger partial charge in [-0.3, -0.25) is 14.4 Å². The van der Waals surface area contributed by atoms with Crippen LogP contribution in [0.4, 0.5) is 0 Å². The van der Waals surface area contributed by atoms with Gasteiger partial charge in [0.2, 0.25) is 0 Å². The maximum Gasteiger partial charge on any atom is 0.336 e. The summed E-state index contributed by atoms with van der Waals surface area (Å²) in [6, 6.07) is 5.91. The van der Waals surface area contributed by atoms with Gasteiger partial charge in [0.15, 0.2) is 6.10 Å². The van der Waals surface area contributed by atoms with Crippen molar-refractivity contribution >= 4 is 28.9 Å². The van der Waals surface area contributed by atoms with Gasteiger partial charge >= 0.3 is 23.5 Å². The van der Waals surface area contributed by atoms with Crippen molar-refractivity contribution in [1.82, 2.24) is 0 Å². The monoisotopic (exact) mass is 558 g/mol. The molecule has 1 aromatic carbocycles. The maximum absolute atomic E-state index is 11.7. The molecule has 2 unspecified atom stereocenters. The number of aliphatic hydroxyl groups is 1. The minimum atomic E-state index is -1.42. The van der Waals surface area contributed by atoms with Gasteiger partial charge in [-0.05, 0) is 52.7 Å². The Morgan fingerprint density at radius 1 is 0.950 bits per heavy atom. The molecule has 40 heavy (non-hydrogen) atoms. The number of ether oxygens (including phenoxy) is 4. The maximum atomic E-state index is 11.7. The first kappa shape index (κ1) is 32.3. The Morgan fingerprint density at radius 2 is 1.62 bits per heavy atom. The Morgan fingerprint density at radius 3 is 2.23 bits per heavy atom. The number of carbonyl (C=O) groups excluding carboxylic acids is 3. The topological polar surface area (TPSA) is 139 Å². The van der Waals surface area contributed by atoms with Crippen LogP contribution < -0.4 is 15.1 Å². The Labute approximate surface area is 233 Å². The van der Waals surface area contributed by atoms with Gasteiger partial charge in [-0.15, -0.1) is 0 Å². The van der Waals surface area contributed by atoms with E-state index in [2.05, 4.69) is 0 Å². The van der Waals surface area contributed by atoms with Crippen molar-refractivity contribution < 1.29 is 42.9 Å². The summed E-state index contributed by atoms with van der Waals surface area (Å²) in [6.07, 6.45) is 3.75. The van der Waals surface area contributed by atoms with Gasteiger partial charge in [0, 0.05) is 45.4 Å². The van der Waals surface area contributed by atoms with E-state index < -0.39 is 41.3 Å². The Hall–Kier alpha value is -3.92. The van der Waals surface area contributed by atoms with E-state index in [9.17, 15) is 24.3 Å². The van der Waals surface area contributed by atoms with Crippen LogP contribution in [0.15, 0.2) is 56.8 Å². The summed E-state index contributed by atoms with van der Waals surface area (Å²) < 4.78 is 26.9. The van der Waals surface area contributed by atoms with Crippen LogP contribution in [0.2, 0.25) is 0 Å². The fourth-order valence-corrected chi connectivity index (χ4v) is 4.05. The van der Waals surface area contributed by atoms with E-state index in [1.807, 2.05) is 26.0 Å². The first-order valence-electron chi connectivity index (χ1n) is 12.9. The number of hydrogen-bond donors (Lipinski definition) is 1. The van der Waals surface area contributed by atoms with E-state index in [0.717, 1.165) is 17.6 Å². The molecule has 0 radical (unpaired) electrons. The van der Waals surface area contributed by atoms with Crippen LogP contribution in [-0.4, -0.2) is 47.4 Å². The molecule has 0 aliphatic rings. The van der Waals surface area contributed by atoms with Crippen molar-refractivity contribution in [3.8, 4) is 11.5 Å². The minimum Gasteiger partial charge on any atom is -0.489 e. The van der Waals surface area contributed by atoms with Crippen LogP contribution in [0.25, 0.3) is 11.0 Å². The summed E-state index contributed by atoms with van der Waals surface area (Å²) in [6.45, 7) is 10.9. The van der Waals surface area contributed by atoms with Crippen molar-refractivity contribution in [1.29, 1.82) is 0 Å². The van der Waals surface area contributed by atoms with Crippen LogP contribution in [0.3, 0.4) is 0 Å². The first-order chi connectivity index (χ1) is 18.6. The van der Waals surface area contributed by atoms with Crippen molar-refractivity contribution in [3.05, 3.63) is 58.0 Å². The van der Waals surface area contributed by atoms with Crippen LogP contribution >= 0.6 is 0 Å². The zero-order chi connectivity index (χ0) is 30.0. The molecule has 0 amide bonds. The zero-order valence-corrected chi connectivity index (χ0v) is 24.1. The lowest BCUT2D eigenvalue weighted by Gasteiger charge is -2.34. The predicted octanol–water partition coefficient (Wildman–Crippen LogP) is 4.79. The molecule has 0 saturated carbocycles.